The summed E-state index contributed by atoms with van der Waals surface area (Å²) in [5, 5.41) is 0. The molecule has 1 N–H and O–H groups in total. The van der Waals surface area contributed by atoms with E-state index in [1.807, 2.05) is 13.0 Å². The fourth-order valence-electron chi connectivity index (χ4n) is 3.38. The molecule has 6 nitrogen and oxygen atoms in total. The van der Waals surface area contributed by atoms with Crippen molar-refractivity contribution in [3.8, 4) is 0 Å². The molecule has 3 heterocycles. The van der Waals surface area contributed by atoms with Crippen molar-refractivity contribution in [3.05, 3.63) is 40.8 Å². The van der Waals surface area contributed by atoms with E-state index in [4.69, 9.17) is 4.74 Å². The summed E-state index contributed by atoms with van der Waals surface area (Å²) >= 11 is 1.23. The third kappa shape index (κ3) is 3.24. The van der Waals surface area contributed by atoms with E-state index in [0.717, 1.165) is 35.4 Å². The lowest BCUT2D eigenvalue weighted by Gasteiger charge is -2.21. The van der Waals surface area contributed by atoms with Crippen LogP contribution in [0.4, 0.5) is 11.4 Å². The van der Waals surface area contributed by atoms with Crippen LogP contribution in [0.2, 0.25) is 0 Å². The largest absolute Gasteiger partial charge is 0.368 e. The van der Waals surface area contributed by atoms with Gasteiger partial charge < -0.3 is 9.64 Å². The van der Waals surface area contributed by atoms with Crippen LogP contribution in [0.1, 0.15) is 23.3 Å². The van der Waals surface area contributed by atoms with Crippen molar-refractivity contribution >= 4 is 38.6 Å². The summed E-state index contributed by atoms with van der Waals surface area (Å²) < 4.78 is 33.5. The Hall–Kier alpha value is -1.90. The Morgan fingerprint density at radius 3 is 2.85 bits per heavy atom. The highest BCUT2D eigenvalue weighted by Gasteiger charge is 2.33. The summed E-state index contributed by atoms with van der Waals surface area (Å²) in [5.74, 6) is -0.0323. The molecule has 0 radical (unpaired) electrons. The van der Waals surface area contributed by atoms with Crippen molar-refractivity contribution < 1.29 is 17.9 Å². The van der Waals surface area contributed by atoms with Gasteiger partial charge in [0.25, 0.3) is 15.9 Å². The van der Waals surface area contributed by atoms with Crippen LogP contribution in [0, 0.1) is 6.92 Å². The molecule has 1 amide bonds. The van der Waals surface area contributed by atoms with Gasteiger partial charge in [-0.3, -0.25) is 9.52 Å². The van der Waals surface area contributed by atoms with Gasteiger partial charge in [0.1, 0.15) is 10.3 Å². The first-order valence-corrected chi connectivity index (χ1v) is 10.9. The molecule has 138 valence electrons. The first-order valence-electron chi connectivity index (χ1n) is 8.59. The molecule has 1 saturated heterocycles. The molecule has 0 aliphatic carbocycles. The van der Waals surface area contributed by atoms with E-state index >= 15 is 0 Å². The number of carbonyl (C=O) groups is 1. The van der Waals surface area contributed by atoms with Crippen molar-refractivity contribution in [2.24, 2.45) is 0 Å². The maximum Gasteiger partial charge on any atom is 0.271 e. The van der Waals surface area contributed by atoms with Crippen LogP contribution in [-0.4, -0.2) is 33.6 Å². The summed E-state index contributed by atoms with van der Waals surface area (Å²) in [7, 11) is -3.62. The minimum Gasteiger partial charge on any atom is -0.368 e. The molecule has 1 unspecified atom stereocenters. The standard InChI is InChI=1S/C18H20N2O4S2/c1-12-4-7-17(25-12)26(22,23)19-14-6-5-13-8-9-20(15(13)11-14)18(21)16-3-2-10-24-16/h4-7,11,16,19H,2-3,8-10H2,1H3. The molecule has 26 heavy (non-hydrogen) atoms. The van der Waals surface area contributed by atoms with E-state index in [9.17, 15) is 13.2 Å². The molecule has 1 aromatic heterocycles. The Morgan fingerprint density at radius 1 is 1.31 bits per heavy atom. The summed E-state index contributed by atoms with van der Waals surface area (Å²) in [6.45, 7) is 3.10. The Kier molecular flexibility index (Phi) is 4.50. The quantitative estimate of drug-likeness (QED) is 0.868. The fraction of sp³-hybridized carbons (Fsp3) is 0.389. The predicted octanol–water partition coefficient (Wildman–Crippen LogP) is 2.93. The highest BCUT2D eigenvalue weighted by molar-refractivity contribution is 7.94. The lowest BCUT2D eigenvalue weighted by molar-refractivity contribution is -0.127. The number of amides is 1. The molecule has 0 bridgehead atoms. The number of sulfonamides is 1. The van der Waals surface area contributed by atoms with E-state index < -0.39 is 10.0 Å². The summed E-state index contributed by atoms with van der Waals surface area (Å²) in [5.41, 5.74) is 2.28. The van der Waals surface area contributed by atoms with Crippen molar-refractivity contribution in [1.82, 2.24) is 0 Å². The van der Waals surface area contributed by atoms with Crippen molar-refractivity contribution in [2.75, 3.05) is 22.8 Å². The van der Waals surface area contributed by atoms with Gasteiger partial charge in [0.05, 0.1) is 5.69 Å². The number of rotatable bonds is 4. The maximum atomic E-state index is 12.7. The third-order valence-electron chi connectivity index (χ3n) is 4.68. The summed E-state index contributed by atoms with van der Waals surface area (Å²) in [4.78, 5) is 15.4. The van der Waals surface area contributed by atoms with Crippen LogP contribution >= 0.6 is 11.3 Å². The average Bonchev–Trinajstić information content (AvgIpc) is 3.34. The molecular formula is C18H20N2O4S2. The van der Waals surface area contributed by atoms with Crippen molar-refractivity contribution in [2.45, 2.75) is 36.5 Å². The molecule has 1 fully saturated rings. The number of benzene rings is 1. The zero-order valence-electron chi connectivity index (χ0n) is 14.4. The first-order chi connectivity index (χ1) is 12.4. The van der Waals surface area contributed by atoms with Gasteiger partial charge in [0, 0.05) is 23.7 Å². The van der Waals surface area contributed by atoms with Crippen LogP contribution in [-0.2, 0) is 26.0 Å². The Morgan fingerprint density at radius 2 is 2.15 bits per heavy atom. The molecule has 0 spiro atoms. The highest BCUT2D eigenvalue weighted by Crippen LogP contribution is 2.33. The fourth-order valence-corrected chi connectivity index (χ4v) is 5.71. The third-order valence-corrected chi connectivity index (χ3v) is 7.56. The van der Waals surface area contributed by atoms with E-state index in [2.05, 4.69) is 4.72 Å². The minimum atomic E-state index is -3.62. The summed E-state index contributed by atoms with van der Waals surface area (Å²) in [6, 6.07) is 8.76. The van der Waals surface area contributed by atoms with E-state index in [0.29, 0.717) is 18.8 Å². The molecular weight excluding hydrogens is 372 g/mol. The molecule has 1 aromatic carbocycles. The molecule has 0 saturated carbocycles. The second-order valence-electron chi connectivity index (χ2n) is 6.56. The van der Waals surface area contributed by atoms with Crippen LogP contribution in [0.3, 0.4) is 0 Å². The van der Waals surface area contributed by atoms with Crippen molar-refractivity contribution in [3.63, 3.8) is 0 Å². The molecule has 1 atom stereocenters. The Balaban J connectivity index is 1.58. The summed E-state index contributed by atoms with van der Waals surface area (Å²) in [6.07, 6.45) is 2.03. The lowest BCUT2D eigenvalue weighted by Crippen LogP contribution is -2.37. The molecule has 2 aliphatic heterocycles. The number of carbonyl (C=O) groups excluding carboxylic acids is 1. The van der Waals surface area contributed by atoms with Gasteiger partial charge in [0.15, 0.2) is 0 Å². The second kappa shape index (κ2) is 6.68. The van der Waals surface area contributed by atoms with Gasteiger partial charge in [-0.25, -0.2) is 8.42 Å². The molecule has 2 aromatic rings. The SMILES string of the molecule is Cc1ccc(S(=O)(=O)Nc2ccc3c(c2)N(C(=O)C2CCCO2)CC3)s1. The monoisotopic (exact) mass is 392 g/mol. The number of hydrogen-bond acceptors (Lipinski definition) is 5. The number of anilines is 2. The second-order valence-corrected chi connectivity index (χ2v) is 9.75. The Labute approximate surface area is 156 Å². The number of nitrogens with one attached hydrogen (secondary N) is 1. The lowest BCUT2D eigenvalue weighted by atomic mass is 10.1. The maximum absolute atomic E-state index is 12.7. The van der Waals surface area contributed by atoms with Gasteiger partial charge in [-0.15, -0.1) is 11.3 Å². The number of nitrogens with zero attached hydrogens (tertiary/aromatic N) is 1. The van der Waals surface area contributed by atoms with Crippen molar-refractivity contribution in [1.29, 1.82) is 0 Å². The van der Waals surface area contributed by atoms with Gasteiger partial charge in [-0.2, -0.15) is 0 Å². The Bertz CT molecular complexity index is 946. The molecule has 4 rings (SSSR count). The number of ether oxygens (including phenoxy) is 1. The van der Waals surface area contributed by atoms with E-state index in [-0.39, 0.29) is 16.2 Å². The zero-order valence-corrected chi connectivity index (χ0v) is 16.0. The van der Waals surface area contributed by atoms with E-state index in [1.54, 1.807) is 29.2 Å². The van der Waals surface area contributed by atoms with Gasteiger partial charge in [-0.1, -0.05) is 6.07 Å². The molecule has 2 aliphatic rings. The minimum absolute atomic E-state index is 0.0323. The van der Waals surface area contributed by atoms with Crippen LogP contribution < -0.4 is 9.62 Å². The van der Waals surface area contributed by atoms with Gasteiger partial charge >= 0.3 is 0 Å². The highest BCUT2D eigenvalue weighted by atomic mass is 32.2. The predicted molar refractivity (Wildman–Crippen MR) is 101 cm³/mol. The van der Waals surface area contributed by atoms with Crippen LogP contribution in [0.5, 0.6) is 0 Å². The number of hydrogen-bond donors (Lipinski definition) is 1. The van der Waals surface area contributed by atoms with E-state index in [1.165, 1.54) is 11.3 Å². The normalized spacial score (nSPS) is 19.6. The number of fused-ring (bicyclic) bond motifs is 1. The van der Waals surface area contributed by atoms with Gasteiger partial charge in [-0.05, 0) is 56.0 Å². The molecule has 8 heteroatoms. The van der Waals surface area contributed by atoms with Crippen LogP contribution in [0.25, 0.3) is 0 Å². The smallest absolute Gasteiger partial charge is 0.271 e. The van der Waals surface area contributed by atoms with Crippen LogP contribution in [0.15, 0.2) is 34.5 Å². The van der Waals surface area contributed by atoms with Gasteiger partial charge in [0.2, 0.25) is 0 Å². The zero-order chi connectivity index (χ0) is 18.3. The topological polar surface area (TPSA) is 75.7 Å². The average molecular weight is 393 g/mol. The number of thiophene rings is 1. The first kappa shape index (κ1) is 17.5. The number of aryl methyl sites for hydroxylation is 1.